The van der Waals surface area contributed by atoms with Crippen LogP contribution in [0.4, 0.5) is 0 Å². The summed E-state index contributed by atoms with van der Waals surface area (Å²) in [7, 11) is 1.33. The van der Waals surface area contributed by atoms with E-state index in [0.717, 1.165) is 6.07 Å². The van der Waals surface area contributed by atoms with Crippen molar-refractivity contribution in [3.8, 4) is 0 Å². The number of benzene rings is 1. The molecule has 0 aliphatic carbocycles. The largest absolute Gasteiger partial charge is 0.347 e. The van der Waals surface area contributed by atoms with E-state index in [2.05, 4.69) is 5.32 Å². The third kappa shape index (κ3) is 4.15. The number of hydrogen-bond acceptors (Lipinski definition) is 3. The molecule has 0 spiro atoms. The van der Waals surface area contributed by atoms with Crippen molar-refractivity contribution in [2.45, 2.75) is 31.2 Å². The Morgan fingerprint density at radius 3 is 2.28 bits per heavy atom. The van der Waals surface area contributed by atoms with E-state index in [4.69, 9.17) is 22.3 Å². The first-order chi connectivity index (χ1) is 8.00. The van der Waals surface area contributed by atoms with E-state index in [1.807, 2.05) is 0 Å². The van der Waals surface area contributed by atoms with Crippen LogP contribution in [0.15, 0.2) is 23.1 Å². The molecule has 1 aromatic carbocycles. The maximum absolute atomic E-state index is 11.9. The highest BCUT2D eigenvalue weighted by atomic mass is 35.7. The van der Waals surface area contributed by atoms with Gasteiger partial charge in [-0.25, -0.2) is 8.42 Å². The SMILES string of the molecule is CC(C)(C)NC(=O)c1cc(S(=O)(=O)Cl)ccc1Cl. The summed E-state index contributed by atoms with van der Waals surface area (Å²) >= 11 is 5.87. The number of hydrogen-bond donors (Lipinski definition) is 1. The normalized spacial score (nSPS) is 12.3. The van der Waals surface area contributed by atoms with E-state index >= 15 is 0 Å². The molecular weight excluding hydrogens is 297 g/mol. The van der Waals surface area contributed by atoms with Crippen LogP contribution in [0.2, 0.25) is 5.02 Å². The van der Waals surface area contributed by atoms with E-state index in [9.17, 15) is 13.2 Å². The fourth-order valence-corrected chi connectivity index (χ4v) is 2.22. The molecule has 1 aromatic rings. The molecule has 0 saturated carbocycles. The second-order valence-corrected chi connectivity index (χ2v) is 7.76. The molecule has 7 heteroatoms. The summed E-state index contributed by atoms with van der Waals surface area (Å²) in [4.78, 5) is 11.8. The van der Waals surface area contributed by atoms with E-state index in [1.54, 1.807) is 20.8 Å². The molecule has 0 atom stereocenters. The minimum atomic E-state index is -3.89. The number of carbonyl (C=O) groups is 1. The summed E-state index contributed by atoms with van der Waals surface area (Å²) in [6.07, 6.45) is 0. The van der Waals surface area contributed by atoms with Crippen molar-refractivity contribution in [2.24, 2.45) is 0 Å². The molecule has 0 aromatic heterocycles. The third-order valence-corrected chi connectivity index (χ3v) is 3.63. The van der Waals surface area contributed by atoms with Gasteiger partial charge in [-0.05, 0) is 39.0 Å². The molecule has 0 bridgehead atoms. The Morgan fingerprint density at radius 1 is 1.28 bits per heavy atom. The van der Waals surface area contributed by atoms with Gasteiger partial charge in [-0.2, -0.15) is 0 Å². The summed E-state index contributed by atoms with van der Waals surface area (Å²) in [5.74, 6) is -0.449. The average molecular weight is 310 g/mol. The van der Waals surface area contributed by atoms with Gasteiger partial charge in [-0.3, -0.25) is 4.79 Å². The number of amides is 1. The minimum absolute atomic E-state index is 0.0771. The quantitative estimate of drug-likeness (QED) is 0.854. The van der Waals surface area contributed by atoms with E-state index < -0.39 is 20.5 Å². The fraction of sp³-hybridized carbons (Fsp3) is 0.364. The van der Waals surface area contributed by atoms with Crippen molar-refractivity contribution in [1.82, 2.24) is 5.32 Å². The summed E-state index contributed by atoms with van der Waals surface area (Å²) in [5.41, 5.74) is -0.371. The Labute approximate surface area is 116 Å². The van der Waals surface area contributed by atoms with Crippen LogP contribution in [0, 0.1) is 0 Å². The molecule has 0 heterocycles. The van der Waals surface area contributed by atoms with Crippen LogP contribution in [-0.2, 0) is 9.05 Å². The summed E-state index contributed by atoms with van der Waals surface area (Å²) in [6, 6.07) is 3.73. The van der Waals surface area contributed by atoms with Gasteiger partial charge in [-0.15, -0.1) is 0 Å². The zero-order valence-corrected chi connectivity index (χ0v) is 12.4. The van der Waals surface area contributed by atoms with Gasteiger partial charge < -0.3 is 5.32 Å². The maximum atomic E-state index is 11.9. The molecule has 4 nitrogen and oxygen atoms in total. The van der Waals surface area contributed by atoms with Crippen LogP contribution in [-0.4, -0.2) is 19.9 Å². The highest BCUT2D eigenvalue weighted by Gasteiger charge is 2.20. The Balaban J connectivity index is 3.21. The molecule has 0 saturated heterocycles. The van der Waals surface area contributed by atoms with Crippen LogP contribution in [0.1, 0.15) is 31.1 Å². The first kappa shape index (κ1) is 15.3. The number of halogens is 2. The Morgan fingerprint density at radius 2 is 1.83 bits per heavy atom. The lowest BCUT2D eigenvalue weighted by Gasteiger charge is -2.21. The van der Waals surface area contributed by atoms with Gasteiger partial charge in [0.1, 0.15) is 0 Å². The van der Waals surface area contributed by atoms with Crippen molar-refractivity contribution < 1.29 is 13.2 Å². The molecule has 0 aliphatic heterocycles. The summed E-state index contributed by atoms with van der Waals surface area (Å²) in [6.45, 7) is 5.42. The first-order valence-electron chi connectivity index (χ1n) is 5.07. The molecule has 0 aliphatic rings. The standard InChI is InChI=1S/C11H13Cl2NO3S/c1-11(2,3)14-10(15)8-6-7(18(13,16)17)4-5-9(8)12/h4-6H,1-3H3,(H,14,15). The van der Waals surface area contributed by atoms with Crippen molar-refractivity contribution in [3.05, 3.63) is 28.8 Å². The molecular formula is C11H13Cl2NO3S. The van der Waals surface area contributed by atoms with E-state index in [1.165, 1.54) is 12.1 Å². The van der Waals surface area contributed by atoms with E-state index in [0.29, 0.717) is 0 Å². The fourth-order valence-electron chi connectivity index (χ4n) is 1.24. The van der Waals surface area contributed by atoms with Crippen LogP contribution >= 0.6 is 22.3 Å². The summed E-state index contributed by atoms with van der Waals surface area (Å²) in [5, 5.41) is 2.86. The maximum Gasteiger partial charge on any atom is 0.261 e. The predicted molar refractivity (Wildman–Crippen MR) is 71.7 cm³/mol. The van der Waals surface area contributed by atoms with Crippen LogP contribution in [0.5, 0.6) is 0 Å². The van der Waals surface area contributed by atoms with Crippen molar-refractivity contribution >= 4 is 37.2 Å². The Hall–Kier alpha value is -0.780. The van der Waals surface area contributed by atoms with Gasteiger partial charge in [0, 0.05) is 16.2 Å². The zero-order valence-electron chi connectivity index (χ0n) is 10.1. The first-order valence-corrected chi connectivity index (χ1v) is 7.76. The lowest BCUT2D eigenvalue weighted by molar-refractivity contribution is 0.0919. The number of rotatable bonds is 2. The van der Waals surface area contributed by atoms with E-state index in [-0.39, 0.29) is 15.5 Å². The van der Waals surface area contributed by atoms with Gasteiger partial charge >= 0.3 is 0 Å². The molecule has 1 amide bonds. The second kappa shape index (κ2) is 5.07. The molecule has 0 radical (unpaired) electrons. The molecule has 1 rings (SSSR count). The van der Waals surface area contributed by atoms with Crippen LogP contribution < -0.4 is 5.32 Å². The summed E-state index contributed by atoms with van der Waals surface area (Å²) < 4.78 is 22.4. The van der Waals surface area contributed by atoms with Gasteiger partial charge in [0.05, 0.1) is 15.5 Å². The van der Waals surface area contributed by atoms with Gasteiger partial charge in [0.15, 0.2) is 0 Å². The van der Waals surface area contributed by atoms with Crippen LogP contribution in [0.25, 0.3) is 0 Å². The topological polar surface area (TPSA) is 63.2 Å². The van der Waals surface area contributed by atoms with Crippen molar-refractivity contribution in [2.75, 3.05) is 0 Å². The molecule has 0 unspecified atom stereocenters. The Kier molecular flexibility index (Phi) is 4.30. The number of carbonyl (C=O) groups excluding carboxylic acids is 1. The van der Waals surface area contributed by atoms with Gasteiger partial charge in [0.25, 0.3) is 15.0 Å². The van der Waals surface area contributed by atoms with Gasteiger partial charge in [-0.1, -0.05) is 11.6 Å². The molecule has 0 fully saturated rings. The molecule has 18 heavy (non-hydrogen) atoms. The zero-order chi connectivity index (χ0) is 14.1. The Bertz CT molecular complexity index is 576. The smallest absolute Gasteiger partial charge is 0.261 e. The third-order valence-electron chi connectivity index (χ3n) is 1.95. The van der Waals surface area contributed by atoms with Gasteiger partial charge in [0.2, 0.25) is 0 Å². The predicted octanol–water partition coefficient (Wildman–Crippen LogP) is 2.80. The van der Waals surface area contributed by atoms with Crippen molar-refractivity contribution in [3.63, 3.8) is 0 Å². The number of nitrogens with one attached hydrogen (secondary N) is 1. The minimum Gasteiger partial charge on any atom is -0.347 e. The average Bonchev–Trinajstić information content (AvgIpc) is 2.13. The van der Waals surface area contributed by atoms with Crippen molar-refractivity contribution in [1.29, 1.82) is 0 Å². The molecule has 100 valence electrons. The molecule has 1 N–H and O–H groups in total. The lowest BCUT2D eigenvalue weighted by atomic mass is 10.1. The highest BCUT2D eigenvalue weighted by molar-refractivity contribution is 8.13. The highest BCUT2D eigenvalue weighted by Crippen LogP contribution is 2.23. The monoisotopic (exact) mass is 309 g/mol. The second-order valence-electron chi connectivity index (χ2n) is 4.78. The van der Waals surface area contributed by atoms with Crippen LogP contribution in [0.3, 0.4) is 0 Å². The lowest BCUT2D eigenvalue weighted by Crippen LogP contribution is -2.40.